The molecule has 22 heavy (non-hydrogen) atoms. The van der Waals surface area contributed by atoms with E-state index in [0.29, 0.717) is 19.7 Å². The van der Waals surface area contributed by atoms with Gasteiger partial charge in [-0.15, -0.1) is 0 Å². The molecule has 0 unspecified atom stereocenters. The lowest BCUT2D eigenvalue weighted by Crippen LogP contribution is -2.34. The number of ether oxygens (including phenoxy) is 1. The molecule has 0 spiro atoms. The van der Waals surface area contributed by atoms with E-state index in [-0.39, 0.29) is 0 Å². The van der Waals surface area contributed by atoms with E-state index in [1.165, 1.54) is 0 Å². The van der Waals surface area contributed by atoms with Gasteiger partial charge < -0.3 is 19.7 Å². The number of fused-ring (bicyclic) bond motifs is 1. The second-order valence-corrected chi connectivity index (χ2v) is 6.05. The van der Waals surface area contributed by atoms with Gasteiger partial charge in [-0.1, -0.05) is 18.2 Å². The highest BCUT2D eigenvalue weighted by Gasteiger charge is 2.29. The van der Waals surface area contributed by atoms with Crippen molar-refractivity contribution in [2.75, 3.05) is 13.1 Å². The number of nitrogens with one attached hydrogen (secondary N) is 1. The molecule has 0 radical (unpaired) electrons. The maximum absolute atomic E-state index is 11.5. The van der Waals surface area contributed by atoms with Crippen molar-refractivity contribution in [3.63, 3.8) is 0 Å². The summed E-state index contributed by atoms with van der Waals surface area (Å²) in [6, 6.07) is 5.70. The van der Waals surface area contributed by atoms with Crippen LogP contribution in [-0.4, -0.2) is 43.1 Å². The third-order valence-electron chi connectivity index (χ3n) is 3.01. The average Bonchev–Trinajstić information content (AvgIpc) is 2.79. The summed E-state index contributed by atoms with van der Waals surface area (Å²) in [5, 5.41) is 12.4. The van der Waals surface area contributed by atoms with Crippen molar-refractivity contribution in [3.8, 4) is 0 Å². The van der Waals surface area contributed by atoms with Gasteiger partial charge in [-0.25, -0.2) is 4.79 Å². The van der Waals surface area contributed by atoms with Crippen LogP contribution in [0.25, 0.3) is 0 Å². The Labute approximate surface area is 130 Å². The van der Waals surface area contributed by atoms with E-state index in [9.17, 15) is 9.82 Å². The summed E-state index contributed by atoms with van der Waals surface area (Å²) in [7, 11) is -0.891. The van der Waals surface area contributed by atoms with Crippen LogP contribution < -0.4 is 10.8 Å². The van der Waals surface area contributed by atoms with Crippen LogP contribution in [-0.2, 0) is 16.0 Å². The maximum atomic E-state index is 11.5. The fourth-order valence-corrected chi connectivity index (χ4v) is 2.12. The molecule has 1 amide bonds. The molecule has 1 heterocycles. The molecule has 0 aromatic heterocycles. The molecule has 6 nitrogen and oxygen atoms in total. The van der Waals surface area contributed by atoms with E-state index < -0.39 is 18.8 Å². The topological polar surface area (TPSA) is 80.2 Å². The summed E-state index contributed by atoms with van der Waals surface area (Å²) in [5.41, 5.74) is 2.07. The zero-order valence-electron chi connectivity index (χ0n) is 13.1. The first-order chi connectivity index (χ1) is 10.4. The van der Waals surface area contributed by atoms with Crippen LogP contribution in [0.3, 0.4) is 0 Å². The van der Waals surface area contributed by atoms with Crippen molar-refractivity contribution in [1.82, 2.24) is 5.32 Å². The average molecular weight is 304 g/mol. The minimum atomic E-state index is -0.891. The smallest absolute Gasteiger partial charge is 0.444 e. The number of nitrogens with zero attached hydrogens (tertiary/aromatic N) is 1. The Morgan fingerprint density at radius 3 is 3.05 bits per heavy atom. The van der Waals surface area contributed by atoms with E-state index in [2.05, 4.69) is 10.3 Å². The number of hydrogen-bond acceptors (Lipinski definition) is 5. The molecule has 0 fully saturated rings. The molecule has 0 atom stereocenters. The molecule has 1 aromatic carbocycles. The van der Waals surface area contributed by atoms with Crippen molar-refractivity contribution >= 4 is 24.9 Å². The van der Waals surface area contributed by atoms with Crippen LogP contribution in [0.15, 0.2) is 23.2 Å². The van der Waals surface area contributed by atoms with Crippen LogP contribution in [0.4, 0.5) is 4.79 Å². The molecule has 0 saturated heterocycles. The Kier molecular flexibility index (Phi) is 5.21. The Balaban J connectivity index is 1.82. The van der Waals surface area contributed by atoms with Crippen molar-refractivity contribution < 1.29 is 19.2 Å². The van der Waals surface area contributed by atoms with Crippen LogP contribution in [0, 0.1) is 0 Å². The SMILES string of the molecule is CC(C)(C)OC(=O)NCCN=Cc1cccc2c1B(O)OC2. The Morgan fingerprint density at radius 2 is 2.32 bits per heavy atom. The zero-order chi connectivity index (χ0) is 16.2. The molecule has 0 aliphatic carbocycles. The minimum absolute atomic E-state index is 0.388. The predicted octanol–water partition coefficient (Wildman–Crippen LogP) is 0.848. The number of carbonyl (C=O) groups is 1. The molecule has 2 N–H and O–H groups in total. The van der Waals surface area contributed by atoms with Gasteiger partial charge in [-0.2, -0.15) is 0 Å². The number of aliphatic imine (C=N–C) groups is 1. The van der Waals surface area contributed by atoms with E-state index in [1.807, 2.05) is 39.0 Å². The summed E-state index contributed by atoms with van der Waals surface area (Å²) in [6.45, 7) is 6.67. The van der Waals surface area contributed by atoms with Gasteiger partial charge in [0.05, 0.1) is 13.2 Å². The highest BCUT2D eigenvalue weighted by atomic mass is 16.6. The molecule has 1 aliphatic heterocycles. The highest BCUT2D eigenvalue weighted by Crippen LogP contribution is 2.11. The van der Waals surface area contributed by atoms with Crippen molar-refractivity contribution in [1.29, 1.82) is 0 Å². The van der Waals surface area contributed by atoms with Crippen molar-refractivity contribution in [3.05, 3.63) is 29.3 Å². The van der Waals surface area contributed by atoms with Gasteiger partial charge in [0.25, 0.3) is 0 Å². The maximum Gasteiger partial charge on any atom is 0.492 e. The summed E-state index contributed by atoms with van der Waals surface area (Å²) in [4.78, 5) is 15.7. The van der Waals surface area contributed by atoms with Crippen LogP contribution in [0.1, 0.15) is 31.9 Å². The lowest BCUT2D eigenvalue weighted by molar-refractivity contribution is 0.0529. The van der Waals surface area contributed by atoms with Crippen molar-refractivity contribution in [2.24, 2.45) is 4.99 Å². The molecular weight excluding hydrogens is 283 g/mol. The number of amides is 1. The first-order valence-electron chi connectivity index (χ1n) is 7.25. The molecule has 0 bridgehead atoms. The van der Waals surface area contributed by atoms with Crippen molar-refractivity contribution in [2.45, 2.75) is 33.0 Å². The lowest BCUT2D eigenvalue weighted by Gasteiger charge is -2.19. The van der Waals surface area contributed by atoms with Gasteiger partial charge in [0.1, 0.15) is 5.60 Å². The minimum Gasteiger partial charge on any atom is -0.444 e. The van der Waals surface area contributed by atoms with Gasteiger partial charge in [0.2, 0.25) is 0 Å². The Bertz CT molecular complexity index is 569. The number of alkyl carbamates (subject to hydrolysis) is 1. The molecule has 0 saturated carbocycles. The Morgan fingerprint density at radius 1 is 1.55 bits per heavy atom. The zero-order valence-corrected chi connectivity index (χ0v) is 13.1. The second-order valence-electron chi connectivity index (χ2n) is 6.05. The molecule has 118 valence electrons. The molecule has 1 aliphatic rings. The van der Waals surface area contributed by atoms with Crippen LogP contribution in [0.5, 0.6) is 0 Å². The van der Waals surface area contributed by atoms with Gasteiger partial charge >= 0.3 is 13.2 Å². The third-order valence-corrected chi connectivity index (χ3v) is 3.01. The number of rotatable bonds is 4. The highest BCUT2D eigenvalue weighted by molar-refractivity contribution is 6.63. The number of hydrogen-bond donors (Lipinski definition) is 2. The molecule has 2 rings (SSSR count). The molecule has 7 heteroatoms. The fourth-order valence-electron chi connectivity index (χ4n) is 2.12. The van der Waals surface area contributed by atoms with Gasteiger partial charge in [-0.3, -0.25) is 4.99 Å². The lowest BCUT2D eigenvalue weighted by atomic mass is 9.76. The van der Waals surface area contributed by atoms with Crippen LogP contribution in [0.2, 0.25) is 0 Å². The van der Waals surface area contributed by atoms with Gasteiger partial charge in [0, 0.05) is 12.8 Å². The predicted molar refractivity (Wildman–Crippen MR) is 85.5 cm³/mol. The monoisotopic (exact) mass is 304 g/mol. The number of carbonyl (C=O) groups excluding carboxylic acids is 1. The summed E-state index contributed by atoms with van der Waals surface area (Å²) in [5.74, 6) is 0. The summed E-state index contributed by atoms with van der Waals surface area (Å²) >= 11 is 0. The standard InChI is InChI=1S/C15H21BN2O4/c1-15(2,3)22-14(19)18-8-7-17-9-11-5-4-6-12-10-21-16(20)13(11)12/h4-6,9,20H,7-8,10H2,1-3H3,(H,18,19). The first kappa shape index (κ1) is 16.5. The second kappa shape index (κ2) is 6.94. The summed E-state index contributed by atoms with van der Waals surface area (Å²) in [6.07, 6.45) is 1.24. The van der Waals surface area contributed by atoms with E-state index >= 15 is 0 Å². The van der Waals surface area contributed by atoms with E-state index in [0.717, 1.165) is 16.6 Å². The molecule has 1 aromatic rings. The first-order valence-corrected chi connectivity index (χ1v) is 7.25. The van der Waals surface area contributed by atoms with Gasteiger partial charge in [0.15, 0.2) is 0 Å². The van der Waals surface area contributed by atoms with Crippen LogP contribution >= 0.6 is 0 Å². The van der Waals surface area contributed by atoms with E-state index in [4.69, 9.17) is 9.39 Å². The van der Waals surface area contributed by atoms with E-state index in [1.54, 1.807) is 6.21 Å². The Hall–Kier alpha value is -1.86. The number of benzene rings is 1. The summed E-state index contributed by atoms with van der Waals surface area (Å²) < 4.78 is 10.3. The largest absolute Gasteiger partial charge is 0.492 e. The third kappa shape index (κ3) is 4.57. The van der Waals surface area contributed by atoms with Gasteiger partial charge in [-0.05, 0) is 37.4 Å². The molecular formula is C15H21BN2O4. The normalized spacial score (nSPS) is 14.3. The fraction of sp³-hybridized carbons (Fsp3) is 0.467. The quantitative estimate of drug-likeness (QED) is 0.491.